The first-order valence-corrected chi connectivity index (χ1v) is 15.7. The maximum absolute atomic E-state index is 11.2. The number of unbranched alkanes of at least 4 members (excludes halogenated alkanes) is 11. The van der Waals surface area contributed by atoms with E-state index >= 15 is 0 Å². The Hall–Kier alpha value is -3.24. The zero-order valence-electron chi connectivity index (χ0n) is 25.3. The van der Waals surface area contributed by atoms with Crippen LogP contribution >= 0.6 is 0 Å². The molecule has 0 saturated carbocycles. The minimum absolute atomic E-state index is 0.0171. The molecule has 15 nitrogen and oxygen atoms in total. The van der Waals surface area contributed by atoms with Crippen LogP contribution in [0.3, 0.4) is 0 Å². The van der Waals surface area contributed by atoms with Crippen molar-refractivity contribution in [1.82, 2.24) is 25.3 Å². The Labute approximate surface area is 256 Å². The highest BCUT2D eigenvalue weighted by Crippen LogP contribution is 2.30. The molecule has 1 aliphatic heterocycles. The topological polar surface area (TPSA) is 204 Å². The number of ether oxygens (including phenoxy) is 2. The molecule has 15 heteroatoms. The molecule has 2 aromatic heterocycles. The molecule has 0 unspecified atom stereocenters. The van der Waals surface area contributed by atoms with Gasteiger partial charge in [0.2, 0.25) is 5.52 Å². The number of hydrogen-bond acceptors (Lipinski definition) is 13. The average molecular weight is 620 g/mol. The van der Waals surface area contributed by atoms with Gasteiger partial charge in [-0.3, -0.25) is 14.8 Å². The molecular weight excluding hydrogens is 574 g/mol. The SMILES string of the molecule is CCCCCCCCCCCCCCn1cc(CO[C@@H]2O[C@H](CNc3ccc([N+](=O)[O-])c4nonc34)[C@H](O)[C@H](O)[C@H]2O)nn1. The number of aromatic nitrogens is 5. The van der Waals surface area contributed by atoms with Crippen LogP contribution in [-0.2, 0) is 22.6 Å². The molecule has 0 aliphatic carbocycles. The van der Waals surface area contributed by atoms with E-state index in [0.717, 1.165) is 19.4 Å². The molecule has 1 aromatic carbocycles. The maximum atomic E-state index is 11.2. The van der Waals surface area contributed by atoms with Crippen molar-refractivity contribution in [2.24, 2.45) is 0 Å². The fraction of sp³-hybridized carbons (Fsp3) is 0.724. The number of nitrogens with one attached hydrogen (secondary N) is 1. The summed E-state index contributed by atoms with van der Waals surface area (Å²) in [4.78, 5) is 10.6. The van der Waals surface area contributed by atoms with Crippen LogP contribution in [0.25, 0.3) is 11.0 Å². The molecule has 0 radical (unpaired) electrons. The molecule has 0 bridgehead atoms. The van der Waals surface area contributed by atoms with Crippen LogP contribution in [0, 0.1) is 10.1 Å². The molecule has 3 heterocycles. The summed E-state index contributed by atoms with van der Waals surface area (Å²) in [5.41, 5.74) is 0.726. The lowest BCUT2D eigenvalue weighted by atomic mass is 9.98. The van der Waals surface area contributed by atoms with Gasteiger partial charge in [-0.05, 0) is 22.8 Å². The number of anilines is 1. The number of benzene rings is 1. The second-order valence-electron chi connectivity index (χ2n) is 11.4. The van der Waals surface area contributed by atoms with Crippen molar-refractivity contribution in [3.63, 3.8) is 0 Å². The first-order valence-electron chi connectivity index (χ1n) is 15.7. The van der Waals surface area contributed by atoms with Crippen molar-refractivity contribution < 1.29 is 34.3 Å². The van der Waals surface area contributed by atoms with Crippen molar-refractivity contribution in [3.05, 3.63) is 34.1 Å². The number of aliphatic hydroxyl groups excluding tert-OH is 3. The minimum atomic E-state index is -1.53. The van der Waals surface area contributed by atoms with E-state index in [4.69, 9.17) is 9.47 Å². The summed E-state index contributed by atoms with van der Waals surface area (Å²) in [7, 11) is 0. The largest absolute Gasteiger partial charge is 0.388 e. The van der Waals surface area contributed by atoms with Gasteiger partial charge in [0.1, 0.15) is 30.1 Å². The zero-order chi connectivity index (χ0) is 31.3. The minimum Gasteiger partial charge on any atom is -0.388 e. The number of non-ortho nitro benzene ring substituents is 1. The molecule has 44 heavy (non-hydrogen) atoms. The Morgan fingerprint density at radius 3 is 2.27 bits per heavy atom. The van der Waals surface area contributed by atoms with Gasteiger partial charge in [-0.2, -0.15) is 0 Å². The summed E-state index contributed by atoms with van der Waals surface area (Å²) in [5.74, 6) is 0. The second-order valence-corrected chi connectivity index (χ2v) is 11.4. The lowest BCUT2D eigenvalue weighted by Crippen LogP contribution is -2.59. The molecular formula is C29H45N7O8. The normalized spacial score (nSPS) is 22.0. The van der Waals surface area contributed by atoms with Crippen molar-refractivity contribution in [2.75, 3.05) is 11.9 Å². The number of nitrogens with zero attached hydrogens (tertiary/aromatic N) is 6. The summed E-state index contributed by atoms with van der Waals surface area (Å²) >= 11 is 0. The van der Waals surface area contributed by atoms with E-state index in [9.17, 15) is 25.4 Å². The van der Waals surface area contributed by atoms with E-state index < -0.39 is 35.6 Å². The van der Waals surface area contributed by atoms with E-state index in [1.54, 1.807) is 10.9 Å². The number of aliphatic hydroxyl groups is 3. The number of rotatable bonds is 20. The number of nitro groups is 1. The van der Waals surface area contributed by atoms with Gasteiger partial charge in [0.25, 0.3) is 0 Å². The summed E-state index contributed by atoms with van der Waals surface area (Å²) in [6.07, 6.45) is 10.4. The number of fused-ring (bicyclic) bond motifs is 1. The van der Waals surface area contributed by atoms with E-state index in [-0.39, 0.29) is 29.9 Å². The predicted octanol–water partition coefficient (Wildman–Crippen LogP) is 3.86. The summed E-state index contributed by atoms with van der Waals surface area (Å²) in [6.45, 7) is 2.94. The van der Waals surface area contributed by atoms with Gasteiger partial charge in [0.15, 0.2) is 11.8 Å². The predicted molar refractivity (Wildman–Crippen MR) is 160 cm³/mol. The van der Waals surface area contributed by atoms with Gasteiger partial charge in [-0.15, -0.1) is 5.10 Å². The molecule has 5 atom stereocenters. The lowest BCUT2D eigenvalue weighted by molar-refractivity contribution is -0.383. The fourth-order valence-corrected chi connectivity index (χ4v) is 5.37. The zero-order valence-corrected chi connectivity index (χ0v) is 25.3. The quantitative estimate of drug-likeness (QED) is 0.0807. The molecule has 4 N–H and O–H groups in total. The fourth-order valence-electron chi connectivity index (χ4n) is 5.37. The van der Waals surface area contributed by atoms with Gasteiger partial charge in [0.05, 0.1) is 23.4 Å². The Morgan fingerprint density at radius 2 is 1.59 bits per heavy atom. The standard InChI is InChI=1S/C29H45N7O8/c1-2-3-4-5-6-7-8-9-10-11-12-13-16-35-18-20(31-34-35)19-42-29-28(39)27(38)26(37)23(43-29)17-30-21-14-15-22(36(40)41)25-24(21)32-44-33-25/h14-15,18,23,26-30,37-39H,2-13,16-17,19H2,1H3/t23-,26+,27+,28-,29-/m1/s1. The molecule has 3 aromatic rings. The van der Waals surface area contributed by atoms with E-state index in [0.29, 0.717) is 11.4 Å². The van der Waals surface area contributed by atoms with Gasteiger partial charge in [-0.1, -0.05) is 82.8 Å². The highest BCUT2D eigenvalue weighted by atomic mass is 16.7. The third-order valence-corrected chi connectivity index (χ3v) is 7.98. The summed E-state index contributed by atoms with van der Waals surface area (Å²) in [6, 6.07) is 2.68. The Balaban J connectivity index is 1.16. The summed E-state index contributed by atoms with van der Waals surface area (Å²) < 4.78 is 17.9. The van der Waals surface area contributed by atoms with Crippen molar-refractivity contribution in [1.29, 1.82) is 0 Å². The average Bonchev–Trinajstić information content (AvgIpc) is 3.69. The smallest absolute Gasteiger partial charge is 0.300 e. The van der Waals surface area contributed by atoms with E-state index in [2.05, 4.69) is 37.5 Å². The third kappa shape index (κ3) is 9.38. The monoisotopic (exact) mass is 619 g/mol. The Bertz CT molecular complexity index is 1290. The number of hydrogen-bond donors (Lipinski definition) is 4. The Morgan fingerprint density at radius 1 is 0.932 bits per heavy atom. The third-order valence-electron chi connectivity index (χ3n) is 7.98. The van der Waals surface area contributed by atoms with Crippen LogP contribution in [0.5, 0.6) is 0 Å². The van der Waals surface area contributed by atoms with Crippen LogP contribution in [0.4, 0.5) is 11.4 Å². The van der Waals surface area contributed by atoms with Crippen molar-refractivity contribution in [2.45, 2.75) is 128 Å². The highest BCUT2D eigenvalue weighted by Gasteiger charge is 2.44. The summed E-state index contributed by atoms with van der Waals surface area (Å²) in [5, 5.41) is 61.2. The van der Waals surface area contributed by atoms with E-state index in [1.165, 1.54) is 76.3 Å². The lowest BCUT2D eigenvalue weighted by Gasteiger charge is -2.40. The van der Waals surface area contributed by atoms with Gasteiger partial charge in [0, 0.05) is 19.2 Å². The molecule has 0 amide bonds. The maximum Gasteiger partial charge on any atom is 0.300 e. The molecule has 244 valence electrons. The van der Waals surface area contributed by atoms with Crippen LogP contribution in [-0.4, -0.2) is 82.8 Å². The first-order chi connectivity index (χ1) is 21.4. The molecule has 1 fully saturated rings. The van der Waals surface area contributed by atoms with Gasteiger partial charge in [-0.25, -0.2) is 4.63 Å². The molecule has 4 rings (SSSR count). The molecule has 1 saturated heterocycles. The highest BCUT2D eigenvalue weighted by molar-refractivity contribution is 5.93. The van der Waals surface area contributed by atoms with Crippen LogP contribution < -0.4 is 5.32 Å². The van der Waals surface area contributed by atoms with Crippen LogP contribution in [0.1, 0.15) is 89.7 Å². The van der Waals surface area contributed by atoms with Crippen LogP contribution in [0.2, 0.25) is 0 Å². The van der Waals surface area contributed by atoms with Crippen molar-refractivity contribution in [3.8, 4) is 0 Å². The molecule has 0 spiro atoms. The van der Waals surface area contributed by atoms with Gasteiger partial charge < -0.3 is 30.1 Å². The number of aryl methyl sites for hydroxylation is 1. The molecule has 1 aliphatic rings. The van der Waals surface area contributed by atoms with Gasteiger partial charge >= 0.3 is 5.69 Å². The van der Waals surface area contributed by atoms with Crippen LogP contribution in [0.15, 0.2) is 23.0 Å². The second kappa shape index (κ2) is 17.3. The van der Waals surface area contributed by atoms with Crippen molar-refractivity contribution >= 4 is 22.4 Å². The number of nitro benzene ring substituents is 1. The first kappa shape index (κ1) is 33.6. The van der Waals surface area contributed by atoms with E-state index in [1.807, 2.05) is 0 Å². The Kier molecular flexibility index (Phi) is 13.2.